The second kappa shape index (κ2) is 7.20. The fourth-order valence-corrected chi connectivity index (χ4v) is 2.68. The number of halogens is 2. The summed E-state index contributed by atoms with van der Waals surface area (Å²) in [7, 11) is 0. The van der Waals surface area contributed by atoms with E-state index in [1.807, 2.05) is 0 Å². The van der Waals surface area contributed by atoms with Crippen molar-refractivity contribution in [2.45, 2.75) is 25.4 Å². The van der Waals surface area contributed by atoms with Crippen molar-refractivity contribution >= 4 is 11.6 Å². The van der Waals surface area contributed by atoms with Gasteiger partial charge in [0.1, 0.15) is 5.82 Å². The Morgan fingerprint density at radius 2 is 2.32 bits per heavy atom. The summed E-state index contributed by atoms with van der Waals surface area (Å²) in [5.41, 5.74) is 0.771. The van der Waals surface area contributed by atoms with E-state index in [0.29, 0.717) is 24.2 Å². The average molecular weight is 287 g/mol. The highest BCUT2D eigenvalue weighted by Crippen LogP contribution is 2.19. The number of nitrogens with one attached hydrogen (secondary N) is 1. The van der Waals surface area contributed by atoms with E-state index in [-0.39, 0.29) is 12.4 Å². The van der Waals surface area contributed by atoms with Crippen molar-refractivity contribution in [1.82, 2.24) is 10.2 Å². The van der Waals surface area contributed by atoms with Gasteiger partial charge in [-0.1, -0.05) is 11.6 Å². The van der Waals surface area contributed by atoms with Gasteiger partial charge in [-0.25, -0.2) is 4.39 Å². The number of nitrogens with zero attached hydrogens (tertiary/aromatic N) is 1. The maximum atomic E-state index is 13.2. The molecule has 1 aliphatic rings. The van der Waals surface area contributed by atoms with Crippen LogP contribution in [0.4, 0.5) is 4.39 Å². The molecule has 0 spiro atoms. The summed E-state index contributed by atoms with van der Waals surface area (Å²) in [4.78, 5) is 2.11. The highest BCUT2D eigenvalue weighted by Gasteiger charge is 2.18. The van der Waals surface area contributed by atoms with Gasteiger partial charge in [-0.15, -0.1) is 0 Å². The van der Waals surface area contributed by atoms with Gasteiger partial charge in [0.2, 0.25) is 0 Å². The summed E-state index contributed by atoms with van der Waals surface area (Å²) < 4.78 is 13.2. The Morgan fingerprint density at radius 1 is 1.47 bits per heavy atom. The minimum Gasteiger partial charge on any atom is -0.395 e. The molecule has 1 aromatic rings. The van der Waals surface area contributed by atoms with Crippen molar-refractivity contribution in [3.8, 4) is 0 Å². The third-order valence-electron chi connectivity index (χ3n) is 3.46. The molecule has 0 amide bonds. The third-order valence-corrected chi connectivity index (χ3v) is 3.83. The zero-order valence-corrected chi connectivity index (χ0v) is 11.7. The first-order valence-corrected chi connectivity index (χ1v) is 7.07. The number of hydrogen-bond acceptors (Lipinski definition) is 3. The lowest BCUT2D eigenvalue weighted by atomic mass is 10.1. The Kier molecular flexibility index (Phi) is 5.58. The Balaban J connectivity index is 2.00. The van der Waals surface area contributed by atoms with Crippen LogP contribution in [0.5, 0.6) is 0 Å². The van der Waals surface area contributed by atoms with Crippen LogP contribution in [0.25, 0.3) is 0 Å². The molecule has 19 heavy (non-hydrogen) atoms. The zero-order chi connectivity index (χ0) is 13.7. The molecule has 1 fully saturated rings. The van der Waals surface area contributed by atoms with Crippen LogP contribution in [-0.4, -0.2) is 42.3 Å². The van der Waals surface area contributed by atoms with E-state index in [1.165, 1.54) is 18.6 Å². The van der Waals surface area contributed by atoms with E-state index < -0.39 is 0 Å². The molecule has 106 valence electrons. The molecule has 5 heteroatoms. The fraction of sp³-hybridized carbons (Fsp3) is 0.571. The number of rotatable bonds is 6. The van der Waals surface area contributed by atoms with Crippen molar-refractivity contribution in [3.63, 3.8) is 0 Å². The average Bonchev–Trinajstić information content (AvgIpc) is 2.87. The predicted octanol–water partition coefficient (Wildman–Crippen LogP) is 2.03. The van der Waals surface area contributed by atoms with Gasteiger partial charge in [0.25, 0.3) is 0 Å². The van der Waals surface area contributed by atoms with E-state index >= 15 is 0 Å². The second-order valence-corrected chi connectivity index (χ2v) is 5.39. The predicted molar refractivity (Wildman–Crippen MR) is 74.8 cm³/mol. The first kappa shape index (κ1) is 14.7. The smallest absolute Gasteiger partial charge is 0.123 e. The lowest BCUT2D eigenvalue weighted by molar-refractivity contribution is 0.179. The van der Waals surface area contributed by atoms with Crippen LogP contribution in [0.15, 0.2) is 18.2 Å². The van der Waals surface area contributed by atoms with Crippen LogP contribution < -0.4 is 5.32 Å². The van der Waals surface area contributed by atoms with Crippen molar-refractivity contribution in [1.29, 1.82) is 0 Å². The van der Waals surface area contributed by atoms with E-state index in [1.54, 1.807) is 6.07 Å². The van der Waals surface area contributed by atoms with Crippen LogP contribution in [-0.2, 0) is 6.54 Å². The minimum absolute atomic E-state index is 0.0969. The van der Waals surface area contributed by atoms with Crippen LogP contribution in [0.1, 0.15) is 18.4 Å². The summed E-state index contributed by atoms with van der Waals surface area (Å²) in [5, 5.41) is 13.1. The van der Waals surface area contributed by atoms with Crippen LogP contribution >= 0.6 is 11.6 Å². The third kappa shape index (κ3) is 4.42. The SMILES string of the molecule is OCCN(Cc1cc(F)ccc1Cl)CC1CCCN1. The molecule has 1 aliphatic heterocycles. The van der Waals surface area contributed by atoms with E-state index in [9.17, 15) is 4.39 Å². The van der Waals surface area contributed by atoms with Gasteiger partial charge in [-0.3, -0.25) is 4.90 Å². The number of aliphatic hydroxyl groups is 1. The molecule has 0 aromatic heterocycles. The van der Waals surface area contributed by atoms with Gasteiger partial charge >= 0.3 is 0 Å². The molecular weight excluding hydrogens is 267 g/mol. The number of hydrogen-bond donors (Lipinski definition) is 2. The molecule has 2 N–H and O–H groups in total. The molecular formula is C14H20ClFN2O. The minimum atomic E-state index is -0.276. The van der Waals surface area contributed by atoms with Gasteiger partial charge < -0.3 is 10.4 Å². The summed E-state index contributed by atoms with van der Waals surface area (Å²) in [6.07, 6.45) is 2.34. The van der Waals surface area contributed by atoms with Crippen LogP contribution in [0.2, 0.25) is 5.02 Å². The Morgan fingerprint density at radius 3 is 3.00 bits per heavy atom. The Hall–Kier alpha value is -0.680. The summed E-state index contributed by atoms with van der Waals surface area (Å²) in [5.74, 6) is -0.276. The van der Waals surface area contributed by atoms with Gasteiger partial charge in [-0.2, -0.15) is 0 Å². The summed E-state index contributed by atoms with van der Waals surface area (Å²) in [6, 6.07) is 4.87. The number of benzene rings is 1. The monoisotopic (exact) mass is 286 g/mol. The molecule has 3 nitrogen and oxygen atoms in total. The van der Waals surface area contributed by atoms with Crippen LogP contribution in [0.3, 0.4) is 0 Å². The number of aliphatic hydroxyl groups excluding tert-OH is 1. The standard InChI is InChI=1S/C14H20ClFN2O/c15-14-4-3-12(16)8-11(14)9-18(6-7-19)10-13-2-1-5-17-13/h3-4,8,13,17,19H,1-2,5-7,9-10H2. The Bertz CT molecular complexity index is 410. The molecule has 1 atom stereocenters. The topological polar surface area (TPSA) is 35.5 Å². The highest BCUT2D eigenvalue weighted by molar-refractivity contribution is 6.31. The molecule has 1 aromatic carbocycles. The fourth-order valence-electron chi connectivity index (χ4n) is 2.51. The van der Waals surface area contributed by atoms with Gasteiger partial charge in [0, 0.05) is 30.7 Å². The van der Waals surface area contributed by atoms with Gasteiger partial charge in [0.05, 0.1) is 6.61 Å². The molecule has 1 unspecified atom stereocenters. The van der Waals surface area contributed by atoms with Crippen molar-refractivity contribution in [2.24, 2.45) is 0 Å². The summed E-state index contributed by atoms with van der Waals surface area (Å²) in [6.45, 7) is 3.14. The maximum Gasteiger partial charge on any atom is 0.123 e. The zero-order valence-electron chi connectivity index (χ0n) is 10.9. The van der Waals surface area contributed by atoms with Crippen molar-refractivity contribution in [3.05, 3.63) is 34.6 Å². The first-order chi connectivity index (χ1) is 9.19. The second-order valence-electron chi connectivity index (χ2n) is 4.99. The molecule has 0 saturated carbocycles. The van der Waals surface area contributed by atoms with Gasteiger partial charge in [0.15, 0.2) is 0 Å². The molecule has 1 saturated heterocycles. The first-order valence-electron chi connectivity index (χ1n) is 6.69. The van der Waals surface area contributed by atoms with Crippen molar-refractivity contribution < 1.29 is 9.50 Å². The molecule has 2 rings (SSSR count). The molecule has 0 aliphatic carbocycles. The lowest BCUT2D eigenvalue weighted by Crippen LogP contribution is -2.38. The van der Waals surface area contributed by atoms with Crippen molar-refractivity contribution in [2.75, 3.05) is 26.2 Å². The van der Waals surface area contributed by atoms with E-state index in [2.05, 4.69) is 10.2 Å². The summed E-state index contributed by atoms with van der Waals surface area (Å²) >= 11 is 6.09. The largest absolute Gasteiger partial charge is 0.395 e. The highest BCUT2D eigenvalue weighted by atomic mass is 35.5. The lowest BCUT2D eigenvalue weighted by Gasteiger charge is -2.25. The molecule has 0 bridgehead atoms. The normalized spacial score (nSPS) is 19.3. The molecule has 1 heterocycles. The van der Waals surface area contributed by atoms with Gasteiger partial charge in [-0.05, 0) is 43.1 Å². The molecule has 0 radical (unpaired) electrons. The van der Waals surface area contributed by atoms with E-state index in [4.69, 9.17) is 16.7 Å². The Labute approximate surface area is 118 Å². The van der Waals surface area contributed by atoms with E-state index in [0.717, 1.165) is 25.1 Å². The van der Waals surface area contributed by atoms with Crippen LogP contribution in [0, 0.1) is 5.82 Å². The maximum absolute atomic E-state index is 13.2. The quantitative estimate of drug-likeness (QED) is 0.840.